The van der Waals surface area contributed by atoms with Crippen LogP contribution in [-0.2, 0) is 23.7 Å². The van der Waals surface area contributed by atoms with Crippen LogP contribution < -0.4 is 5.73 Å². The van der Waals surface area contributed by atoms with Gasteiger partial charge in [0.1, 0.15) is 120 Å². The van der Waals surface area contributed by atoms with Crippen LogP contribution in [0.1, 0.15) is 111 Å². The summed E-state index contributed by atoms with van der Waals surface area (Å²) in [5, 5.41) is 155. The molecule has 114 heavy (non-hydrogen) atoms. The van der Waals surface area contributed by atoms with Gasteiger partial charge in [-0.25, -0.2) is 24.9 Å². The first-order valence-corrected chi connectivity index (χ1v) is 37.4. The molecule has 7 aliphatic rings. The van der Waals surface area contributed by atoms with Crippen molar-refractivity contribution in [2.75, 3.05) is 5.73 Å². The molecule has 0 bridgehead atoms. The molecule has 25 unspecified atom stereocenters. The van der Waals surface area contributed by atoms with Gasteiger partial charge in [0.05, 0.1) is 24.0 Å². The number of ether oxygens (including phenoxy) is 5. The zero-order valence-electron chi connectivity index (χ0n) is 62.4. The van der Waals surface area contributed by atoms with Gasteiger partial charge >= 0.3 is 12.4 Å². The van der Waals surface area contributed by atoms with E-state index in [4.69, 9.17) is 29.4 Å². The van der Waals surface area contributed by atoms with E-state index in [2.05, 4.69) is 29.9 Å². The van der Waals surface area contributed by atoms with Gasteiger partial charge < -0.3 is 129 Å². The van der Waals surface area contributed by atoms with Crippen LogP contribution in [0.5, 0.6) is 0 Å². The SMILES string of the molecule is CCC(O)C1OC(n2ccc3c(C)nc(N)nc32)C(O)C1O.Cc1ccnc2c1ccn2C1OC(C(O)C(F)(F)F)C(O)C1O.Cc1ccnc2c1ccn2C1OC(C(O)C(F)(F)F)C(O)C1O.Cc1ccnc2c1ccn2C1OC(C(O)C2CCC2)C(O)C1O.Cc1ccnc2c1ccn2C1OC(C(O)C2CCC2)C(O)C1O. The largest absolute Gasteiger partial charge is 0.417 e. The van der Waals surface area contributed by atoms with Crippen molar-refractivity contribution in [1.82, 2.24) is 52.7 Å². The Labute approximate surface area is 646 Å². The maximum atomic E-state index is 12.6. The maximum Gasteiger partial charge on any atom is 0.417 e. The maximum absolute atomic E-state index is 12.6. The van der Waals surface area contributed by atoms with Crippen molar-refractivity contribution in [1.29, 1.82) is 0 Å². The minimum atomic E-state index is -4.96. The number of nitrogens with zero attached hydrogens (tertiary/aromatic N) is 11. The molecule has 0 spiro atoms. The number of aliphatic hydroxyl groups excluding tert-OH is 15. The monoisotopic (exact) mass is 1610 g/mol. The van der Waals surface area contributed by atoms with E-state index in [9.17, 15) is 103 Å². The molecule has 7 fully saturated rings. The van der Waals surface area contributed by atoms with Crippen LogP contribution in [0.3, 0.4) is 0 Å². The number of aromatic nitrogens is 11. The molecule has 5 saturated heterocycles. The van der Waals surface area contributed by atoms with Crippen molar-refractivity contribution in [3.8, 4) is 0 Å². The third-order valence-electron chi connectivity index (χ3n) is 22.9. The second-order valence-electron chi connectivity index (χ2n) is 30.2. The van der Waals surface area contributed by atoms with E-state index >= 15 is 0 Å². The summed E-state index contributed by atoms with van der Waals surface area (Å²) in [7, 11) is 0. The normalized spacial score (nSPS) is 31.3. The van der Waals surface area contributed by atoms with Gasteiger partial charge in [0, 0.05) is 82.7 Å². The Hall–Kier alpha value is -8.04. The van der Waals surface area contributed by atoms with E-state index in [1.54, 1.807) is 69.5 Å². The van der Waals surface area contributed by atoms with Crippen molar-refractivity contribution in [3.05, 3.63) is 138 Å². The number of nitrogens with two attached hydrogens (primary N) is 1. The van der Waals surface area contributed by atoms with Crippen LogP contribution in [0.15, 0.2) is 110 Å². The van der Waals surface area contributed by atoms with Crippen LogP contribution in [0, 0.1) is 46.5 Å². The minimum absolute atomic E-state index is 0.128. The van der Waals surface area contributed by atoms with Crippen LogP contribution in [0.25, 0.3) is 55.2 Å². The number of rotatable bonds is 13. The highest BCUT2D eigenvalue weighted by molar-refractivity contribution is 5.83. The number of alkyl halides is 6. The third kappa shape index (κ3) is 15.9. The van der Waals surface area contributed by atoms with Gasteiger partial charge in [-0.3, -0.25) is 0 Å². The van der Waals surface area contributed by atoms with E-state index in [-0.39, 0.29) is 17.8 Å². The average molecular weight is 1610 g/mol. The van der Waals surface area contributed by atoms with E-state index in [0.717, 1.165) is 93.4 Å². The number of hydrogen-bond donors (Lipinski definition) is 16. The first-order chi connectivity index (χ1) is 54.0. The molecule has 25 atom stereocenters. The van der Waals surface area contributed by atoms with Crippen molar-refractivity contribution >= 4 is 61.1 Å². The van der Waals surface area contributed by atoms with Crippen molar-refractivity contribution in [3.63, 3.8) is 0 Å². The summed E-state index contributed by atoms with van der Waals surface area (Å²) in [5.41, 5.74) is 13.1. The molecule has 17 N–H and O–H groups in total. The van der Waals surface area contributed by atoms with Gasteiger partial charge in [-0.2, -0.15) is 31.3 Å². The zero-order valence-corrected chi connectivity index (χ0v) is 62.4. The molecule has 0 aromatic carbocycles. The van der Waals surface area contributed by atoms with Gasteiger partial charge in [-0.05, 0) is 155 Å². The molecule has 2 aliphatic carbocycles. The van der Waals surface area contributed by atoms with Crippen molar-refractivity contribution in [2.24, 2.45) is 11.8 Å². The fourth-order valence-corrected chi connectivity index (χ4v) is 15.7. The Balaban J connectivity index is 0.000000124. The number of aryl methyl sites for hydroxylation is 5. The first-order valence-electron chi connectivity index (χ1n) is 37.4. The highest BCUT2D eigenvalue weighted by Crippen LogP contribution is 2.45. The molecule has 38 heteroatoms. The molecule has 32 nitrogen and oxygen atoms in total. The first kappa shape index (κ1) is 83.9. The number of anilines is 1. The number of pyridine rings is 4. The number of nitrogen functional groups attached to an aromatic ring is 1. The van der Waals surface area contributed by atoms with E-state index in [0.29, 0.717) is 34.7 Å². The highest BCUT2D eigenvalue weighted by Gasteiger charge is 2.58. The standard InChI is InChI=1S/2C17H22N2O4.2C14H15F3N2O4.C14H20N4O4/c2*1-9-5-7-18-16-11(9)6-8-19(16)17-14(22)13(21)15(23-17)12(20)10-3-2-4-10;2*1-6-2-4-18-12-7(6)3-5-19(12)13-9(21)8(20)10(23-13)11(22)14(15,16)17;1-3-8(19)11-9(20)10(21)13(22-11)18-5-4-7-6(2)16-14(15)17-12(7)18/h2*5-8,10,12-15,17,20-22H,2-4H2,1H3;2*2-5,8-11,13,20-22H,1H3;4-5,8-11,13,19-21H,3H2,1-2H3,(H2,15,16,17). The predicted molar refractivity (Wildman–Crippen MR) is 391 cm³/mol. The Morgan fingerprint density at radius 3 is 0.921 bits per heavy atom. The molecule has 0 radical (unpaired) electrons. The second kappa shape index (κ2) is 33.5. The predicted octanol–water partition coefficient (Wildman–Crippen LogP) is 3.74. The fraction of sp³-hybridized carbons (Fsp3) is 0.553. The molecular weight excluding hydrogens is 1510 g/mol. The van der Waals surface area contributed by atoms with Gasteiger partial charge in [0.2, 0.25) is 5.95 Å². The number of halogens is 6. The van der Waals surface area contributed by atoms with Gasteiger partial charge in [-0.15, -0.1) is 0 Å². The lowest BCUT2D eigenvalue weighted by Crippen LogP contribution is -2.46. The molecule has 2 saturated carbocycles. The summed E-state index contributed by atoms with van der Waals surface area (Å²) >= 11 is 0. The number of fused-ring (bicyclic) bond motifs is 5. The van der Waals surface area contributed by atoms with E-state index < -0.39 is 166 Å². The van der Waals surface area contributed by atoms with Gasteiger partial charge in [0.25, 0.3) is 0 Å². The molecule has 15 heterocycles. The number of aliphatic hydroxyl groups is 15. The molecule has 10 aromatic heterocycles. The third-order valence-corrected chi connectivity index (χ3v) is 22.9. The van der Waals surface area contributed by atoms with Crippen LogP contribution in [-0.4, -0.2) is 264 Å². The summed E-state index contributed by atoms with van der Waals surface area (Å²) in [4.78, 5) is 25.3. The Bertz CT molecular complexity index is 4720. The Morgan fingerprint density at radius 2 is 0.640 bits per heavy atom. The quantitative estimate of drug-likeness (QED) is 0.0731. The molecule has 5 aliphatic heterocycles. The smallest absolute Gasteiger partial charge is 0.390 e. The van der Waals surface area contributed by atoms with Gasteiger partial charge in [-0.1, -0.05) is 19.8 Å². The fourth-order valence-electron chi connectivity index (χ4n) is 15.7. The van der Waals surface area contributed by atoms with E-state index in [1.807, 2.05) is 71.3 Å². The summed E-state index contributed by atoms with van der Waals surface area (Å²) < 4.78 is 111. The highest BCUT2D eigenvalue weighted by atomic mass is 19.4. The minimum Gasteiger partial charge on any atom is -0.390 e. The second-order valence-corrected chi connectivity index (χ2v) is 30.2. The van der Waals surface area contributed by atoms with Crippen LogP contribution >= 0.6 is 0 Å². The number of hydrogen-bond acceptors (Lipinski definition) is 27. The summed E-state index contributed by atoms with van der Waals surface area (Å²) in [6.07, 6.45) is -21.8. The summed E-state index contributed by atoms with van der Waals surface area (Å²) in [5.74, 6) is 0.438. The summed E-state index contributed by atoms with van der Waals surface area (Å²) in [6, 6.07) is 16.4. The van der Waals surface area contributed by atoms with Crippen molar-refractivity contribution in [2.45, 2.75) is 252 Å². The summed E-state index contributed by atoms with van der Waals surface area (Å²) in [6.45, 7) is 11.3. The Kier molecular flexibility index (Phi) is 24.7. The molecule has 17 rings (SSSR count). The van der Waals surface area contributed by atoms with Crippen LogP contribution in [0.2, 0.25) is 0 Å². The lowest BCUT2D eigenvalue weighted by Gasteiger charge is -2.34. The average Bonchev–Trinajstić information content (AvgIpc) is 1.64. The molecule has 0 amide bonds. The topological polar surface area (TPSA) is 478 Å². The van der Waals surface area contributed by atoms with Crippen molar-refractivity contribution < 1.29 is 127 Å². The van der Waals surface area contributed by atoms with Gasteiger partial charge in [0.15, 0.2) is 43.3 Å². The zero-order chi connectivity index (χ0) is 82.2. The Morgan fingerprint density at radius 1 is 0.377 bits per heavy atom. The lowest BCUT2D eigenvalue weighted by atomic mass is 9.78. The molecule has 620 valence electrons. The molecule has 10 aromatic rings. The van der Waals surface area contributed by atoms with Crippen LogP contribution in [0.4, 0.5) is 32.3 Å². The van der Waals surface area contributed by atoms with E-state index in [1.165, 1.54) is 33.9 Å². The molecular formula is C76H94F6N12O20. The lowest BCUT2D eigenvalue weighted by molar-refractivity contribution is -0.244.